The quantitative estimate of drug-likeness (QED) is 0.680. The summed E-state index contributed by atoms with van der Waals surface area (Å²) in [6.45, 7) is 1.79. The van der Waals surface area contributed by atoms with E-state index in [1.54, 1.807) is 6.92 Å². The molecule has 2 aliphatic carbocycles. The van der Waals surface area contributed by atoms with Gasteiger partial charge in [0.25, 0.3) is 0 Å². The highest BCUT2D eigenvalue weighted by Gasteiger charge is 2.65. The van der Waals surface area contributed by atoms with Crippen molar-refractivity contribution >= 4 is 16.5 Å². The van der Waals surface area contributed by atoms with Gasteiger partial charge in [-0.05, 0) is 43.9 Å². The van der Waals surface area contributed by atoms with E-state index in [-0.39, 0.29) is 29.5 Å². The molecule has 3 fully saturated rings. The summed E-state index contributed by atoms with van der Waals surface area (Å²) in [5.41, 5.74) is -1.53. The van der Waals surface area contributed by atoms with Crippen molar-refractivity contribution in [1.29, 1.82) is 5.26 Å². The summed E-state index contributed by atoms with van der Waals surface area (Å²) in [4.78, 5) is 0. The van der Waals surface area contributed by atoms with Gasteiger partial charge in [0.1, 0.15) is 0 Å². The van der Waals surface area contributed by atoms with Gasteiger partial charge in [-0.15, -0.1) is 10.8 Å². The van der Waals surface area contributed by atoms with Gasteiger partial charge in [0.2, 0.25) is 0 Å². The number of anilines is 1. The van der Waals surface area contributed by atoms with Gasteiger partial charge in [-0.25, -0.2) is 0 Å². The minimum atomic E-state index is -4.71. The van der Waals surface area contributed by atoms with E-state index in [1.165, 1.54) is 16.4 Å². The number of aliphatic hydroxyl groups excluding tert-OH is 1. The number of alkyl halides is 3. The van der Waals surface area contributed by atoms with Crippen molar-refractivity contribution < 1.29 is 27.4 Å². The van der Waals surface area contributed by atoms with Crippen LogP contribution in [0.3, 0.4) is 0 Å². The molecule has 142 valence electrons. The van der Waals surface area contributed by atoms with Gasteiger partial charge in [0.05, 0.1) is 40.3 Å². The number of halogens is 3. The van der Waals surface area contributed by atoms with E-state index in [9.17, 15) is 27.4 Å². The molecule has 6 atom stereocenters. The molecule has 1 aromatic carbocycles. The fraction of sp³-hybridized carbons (Fsp3) is 0.588. The maximum absolute atomic E-state index is 13.3. The molecular weight excluding hydrogens is 369 g/mol. The SMILES string of the molecule is C[C@H]1[C@@H]2[C@H]3C[C@@H]([C@@H]2S(O)(O)N1c1ccc(C#N)c(C(F)(F)F)c1)[C@H](O)C3. The number of fused-ring (bicyclic) bond motifs is 5. The Morgan fingerprint density at radius 2 is 1.96 bits per heavy atom. The maximum Gasteiger partial charge on any atom is 0.417 e. The summed E-state index contributed by atoms with van der Waals surface area (Å²) in [6.07, 6.45) is -3.98. The van der Waals surface area contributed by atoms with Gasteiger partial charge < -0.3 is 5.11 Å². The van der Waals surface area contributed by atoms with Crippen LogP contribution in [0.15, 0.2) is 18.2 Å². The van der Waals surface area contributed by atoms with Gasteiger partial charge in [-0.2, -0.15) is 18.4 Å². The molecule has 1 aliphatic heterocycles. The zero-order chi connectivity index (χ0) is 19.0. The first-order valence-electron chi connectivity index (χ1n) is 8.43. The van der Waals surface area contributed by atoms with Crippen LogP contribution in [0.5, 0.6) is 0 Å². The van der Waals surface area contributed by atoms with Crippen LogP contribution in [0.25, 0.3) is 0 Å². The highest BCUT2D eigenvalue weighted by molar-refractivity contribution is 8.26. The largest absolute Gasteiger partial charge is 0.417 e. The molecule has 0 amide bonds. The second kappa shape index (κ2) is 5.52. The van der Waals surface area contributed by atoms with Gasteiger partial charge in [-0.1, -0.05) is 0 Å². The summed E-state index contributed by atoms with van der Waals surface area (Å²) < 4.78 is 63.0. The fourth-order valence-corrected chi connectivity index (χ4v) is 8.30. The van der Waals surface area contributed by atoms with E-state index in [0.29, 0.717) is 6.42 Å². The molecule has 3 N–H and O–H groups in total. The molecule has 0 radical (unpaired) electrons. The number of rotatable bonds is 1. The average molecular weight is 388 g/mol. The van der Waals surface area contributed by atoms with E-state index >= 15 is 0 Å². The van der Waals surface area contributed by atoms with Gasteiger partial charge >= 0.3 is 6.18 Å². The van der Waals surface area contributed by atoms with Crippen LogP contribution in [0.2, 0.25) is 0 Å². The van der Waals surface area contributed by atoms with Crippen LogP contribution in [0, 0.1) is 29.1 Å². The van der Waals surface area contributed by atoms with Crippen LogP contribution in [-0.2, 0) is 6.18 Å². The summed E-state index contributed by atoms with van der Waals surface area (Å²) in [5.74, 6) is -0.159. The Morgan fingerprint density at radius 3 is 2.58 bits per heavy atom. The molecule has 1 aromatic rings. The van der Waals surface area contributed by atoms with Crippen LogP contribution in [-0.4, -0.2) is 31.6 Å². The standard InChI is InChI=1S/C17H19F3N2O3S/c1-8-15-10-4-12(14(23)5-10)16(15)26(24,25)22(8)11-3-2-9(7-21)13(6-11)17(18,19)20/h2-3,6,8,10,12,14-16,23-25H,4-5H2,1H3/t8-,10-,12+,14+,15+,16-/m0/s1. The molecule has 0 aromatic heterocycles. The van der Waals surface area contributed by atoms with Gasteiger partial charge in [0.15, 0.2) is 0 Å². The second-order valence-corrected chi connectivity index (χ2v) is 9.53. The molecule has 0 spiro atoms. The van der Waals surface area contributed by atoms with Crippen molar-refractivity contribution in [3.05, 3.63) is 29.3 Å². The van der Waals surface area contributed by atoms with Crippen LogP contribution in [0.4, 0.5) is 18.9 Å². The van der Waals surface area contributed by atoms with Crippen molar-refractivity contribution in [2.24, 2.45) is 17.8 Å². The van der Waals surface area contributed by atoms with E-state index in [2.05, 4.69) is 0 Å². The summed E-state index contributed by atoms with van der Waals surface area (Å²) >= 11 is 0. The lowest BCUT2D eigenvalue weighted by Crippen LogP contribution is -2.36. The predicted octanol–water partition coefficient (Wildman–Crippen LogP) is 3.84. The Balaban J connectivity index is 1.78. The first kappa shape index (κ1) is 17.9. The number of benzene rings is 1. The Morgan fingerprint density at radius 1 is 1.27 bits per heavy atom. The monoisotopic (exact) mass is 388 g/mol. The van der Waals surface area contributed by atoms with Gasteiger partial charge in [-0.3, -0.25) is 13.4 Å². The first-order valence-corrected chi connectivity index (χ1v) is 10.00. The lowest BCUT2D eigenvalue weighted by molar-refractivity contribution is -0.137. The van der Waals surface area contributed by atoms with Crippen molar-refractivity contribution in [2.75, 3.05) is 4.31 Å². The van der Waals surface area contributed by atoms with Crippen molar-refractivity contribution in [3.8, 4) is 6.07 Å². The second-order valence-electron chi connectivity index (χ2n) is 7.47. The molecule has 1 heterocycles. The Kier molecular flexibility index (Phi) is 3.80. The molecule has 2 bridgehead atoms. The topological polar surface area (TPSA) is 87.7 Å². The number of hydrogen-bond donors (Lipinski definition) is 3. The van der Waals surface area contributed by atoms with E-state index in [1.807, 2.05) is 0 Å². The molecule has 2 saturated carbocycles. The van der Waals surface area contributed by atoms with Crippen molar-refractivity contribution in [3.63, 3.8) is 0 Å². The third-order valence-corrected chi connectivity index (χ3v) is 8.74. The lowest BCUT2D eigenvalue weighted by atomic mass is 9.82. The molecule has 1 saturated heterocycles. The number of nitriles is 1. The predicted molar refractivity (Wildman–Crippen MR) is 90.4 cm³/mol. The Labute approximate surface area is 150 Å². The summed E-state index contributed by atoms with van der Waals surface area (Å²) in [7, 11) is -3.39. The number of aliphatic hydroxyl groups is 1. The van der Waals surface area contributed by atoms with Crippen LogP contribution >= 0.6 is 10.8 Å². The number of nitrogens with zero attached hydrogens (tertiary/aromatic N) is 2. The smallest absolute Gasteiger partial charge is 0.393 e. The molecule has 3 aliphatic rings. The lowest BCUT2D eigenvalue weighted by Gasteiger charge is -2.45. The Bertz CT molecular complexity index is 794. The van der Waals surface area contributed by atoms with E-state index in [0.717, 1.165) is 18.6 Å². The zero-order valence-corrected chi connectivity index (χ0v) is 14.7. The van der Waals surface area contributed by atoms with Crippen molar-refractivity contribution in [1.82, 2.24) is 0 Å². The maximum atomic E-state index is 13.3. The molecule has 0 unspecified atom stereocenters. The highest BCUT2D eigenvalue weighted by Crippen LogP contribution is 2.71. The van der Waals surface area contributed by atoms with Crippen LogP contribution < -0.4 is 4.31 Å². The van der Waals surface area contributed by atoms with Crippen LogP contribution in [0.1, 0.15) is 30.9 Å². The normalized spacial score (nSPS) is 38.9. The fourth-order valence-electron chi connectivity index (χ4n) is 5.35. The molecular formula is C17H19F3N2O3S. The summed E-state index contributed by atoms with van der Waals surface area (Å²) in [5, 5.41) is 18.6. The number of hydrogen-bond acceptors (Lipinski definition) is 5. The summed E-state index contributed by atoms with van der Waals surface area (Å²) in [6, 6.07) is 4.39. The first-order chi connectivity index (χ1) is 12.1. The third-order valence-electron chi connectivity index (χ3n) is 6.22. The Hall–Kier alpha value is -1.47. The zero-order valence-electron chi connectivity index (χ0n) is 13.9. The molecule has 26 heavy (non-hydrogen) atoms. The molecule has 4 rings (SSSR count). The van der Waals surface area contributed by atoms with E-state index in [4.69, 9.17) is 5.26 Å². The minimum absolute atomic E-state index is 0.0483. The van der Waals surface area contributed by atoms with E-state index < -0.39 is 39.4 Å². The highest BCUT2D eigenvalue weighted by atomic mass is 32.3. The molecule has 9 heteroatoms. The minimum Gasteiger partial charge on any atom is -0.393 e. The molecule has 5 nitrogen and oxygen atoms in total. The third kappa shape index (κ3) is 2.29. The average Bonchev–Trinajstić information content (AvgIpc) is 3.16. The van der Waals surface area contributed by atoms with Gasteiger partial charge in [0, 0.05) is 11.8 Å². The van der Waals surface area contributed by atoms with Crippen molar-refractivity contribution in [2.45, 2.75) is 43.3 Å².